The number of amides is 1. The number of allylic oxidation sites excluding steroid dienone is 6. The Labute approximate surface area is 492 Å². The second-order valence-electron chi connectivity index (χ2n) is 24.2. The molecule has 1 aliphatic heterocycles. The molecule has 0 radical (unpaired) electrons. The van der Waals surface area contributed by atoms with E-state index in [0.29, 0.717) is 19.3 Å². The highest BCUT2D eigenvalue weighted by molar-refractivity contribution is 5.80. The lowest BCUT2D eigenvalue weighted by molar-refractivity contribution is -0.303. The average Bonchev–Trinajstić information content (AvgIpc) is 3.47. The van der Waals surface area contributed by atoms with Crippen LogP contribution in [0.5, 0.6) is 0 Å². The third-order valence-electron chi connectivity index (χ3n) is 16.6. The lowest BCUT2D eigenvalue weighted by atomic mass is 9.98. The van der Waals surface area contributed by atoms with Gasteiger partial charge in [-0.2, -0.15) is 0 Å². The molecular weight excluding hydrogens is 1000 g/mol. The van der Waals surface area contributed by atoms with Crippen molar-refractivity contribution in [3.8, 4) is 0 Å². The van der Waals surface area contributed by atoms with Crippen LogP contribution >= 0.6 is 0 Å². The van der Waals surface area contributed by atoms with Crippen molar-refractivity contribution in [1.82, 2.24) is 5.32 Å². The topological polar surface area (TPSA) is 189 Å². The fourth-order valence-electron chi connectivity index (χ4n) is 11.1. The van der Waals surface area contributed by atoms with Crippen LogP contribution in [0.3, 0.4) is 0 Å². The van der Waals surface area contributed by atoms with E-state index >= 15 is 0 Å². The highest BCUT2D eigenvalue weighted by Gasteiger charge is 2.44. The predicted octanol–water partition coefficient (Wildman–Crippen LogP) is 16.2. The van der Waals surface area contributed by atoms with Crippen molar-refractivity contribution in [2.75, 3.05) is 13.2 Å². The molecule has 0 aliphatic carbocycles. The number of aliphatic hydroxyl groups excluding tert-OH is 7. The quantitative estimate of drug-likeness (QED) is 0.0215. The maximum absolute atomic E-state index is 13.2. The van der Waals surface area contributed by atoms with Crippen molar-refractivity contribution in [3.63, 3.8) is 0 Å². The van der Waals surface area contributed by atoms with Crippen LogP contribution in [-0.4, -0.2) is 110 Å². The Morgan fingerprint density at radius 2 is 0.750 bits per heavy atom. The summed E-state index contributed by atoms with van der Waals surface area (Å²) >= 11 is 0. The fraction of sp³-hybridized carbons (Fsp3) is 0.899. The molecule has 9 unspecified atom stereocenters. The molecule has 0 bridgehead atoms. The summed E-state index contributed by atoms with van der Waals surface area (Å²) in [5, 5.41) is 76.4. The zero-order valence-electron chi connectivity index (χ0n) is 52.1. The number of hydrogen-bond acceptors (Lipinski definition) is 10. The number of unbranched alkanes of at least 4 members (excludes halogenated alkanes) is 42. The first-order valence-electron chi connectivity index (χ1n) is 34.4. The molecule has 1 amide bonds. The first-order chi connectivity index (χ1) is 39.2. The Kier molecular flexibility index (Phi) is 55.1. The fourth-order valence-corrected chi connectivity index (χ4v) is 11.1. The lowest BCUT2D eigenvalue weighted by Gasteiger charge is -2.40. The van der Waals surface area contributed by atoms with Crippen LogP contribution in [0, 0.1) is 0 Å². The number of carbonyl (C=O) groups excluding carboxylic acids is 1. The van der Waals surface area contributed by atoms with E-state index in [0.717, 1.165) is 38.5 Å². The van der Waals surface area contributed by atoms with Gasteiger partial charge in [0, 0.05) is 0 Å². The van der Waals surface area contributed by atoms with Crippen LogP contribution in [0.1, 0.15) is 328 Å². The second kappa shape index (κ2) is 57.7. The Morgan fingerprint density at radius 1 is 0.425 bits per heavy atom. The normalized spacial score (nSPS) is 19.4. The summed E-state index contributed by atoms with van der Waals surface area (Å²) in [7, 11) is 0. The van der Waals surface area contributed by atoms with Gasteiger partial charge < -0.3 is 50.5 Å². The molecular formula is C69H131NO10. The number of ether oxygens (including phenoxy) is 2. The Bertz CT molecular complexity index is 1390. The monoisotopic (exact) mass is 1130 g/mol. The SMILES string of the molecule is CCCCCCCCCCCCCC/C=C\CCCCCCCCCCCCCCCCC(O)C(=O)NC(COC1OC(CO)C(O)C(O)C1O)C(O)C(O)CCC/C=C/CC/C=C/CCCCCCCCCCCCCCCC. The third-order valence-corrected chi connectivity index (χ3v) is 16.6. The molecule has 0 aromatic carbocycles. The van der Waals surface area contributed by atoms with E-state index in [1.54, 1.807) is 0 Å². The van der Waals surface area contributed by atoms with Gasteiger partial charge in [0.05, 0.1) is 25.4 Å². The summed E-state index contributed by atoms with van der Waals surface area (Å²) in [5.41, 5.74) is 0. The molecule has 11 nitrogen and oxygen atoms in total. The summed E-state index contributed by atoms with van der Waals surface area (Å²) in [6, 6.07) is -1.19. The standard InChI is InChI=1S/C69H131NO10/c1-3-5-7-9-11-13-15-17-19-21-23-25-27-28-29-30-31-32-33-35-37-39-41-43-45-47-49-51-53-55-57-62(73)68(78)70-60(59-79-69-67(77)66(76)65(75)63(58-71)80-69)64(74)61(72)56-54-52-50-48-46-44-42-40-38-36-34-26-24-22-20-18-16-14-12-10-8-6-4-2/h28-29,40,42,48,50,60-67,69,71-77H,3-27,30-39,41,43-47,49,51-59H2,1-2H3,(H,70,78)/b29-28-,42-40+,50-48+. The highest BCUT2D eigenvalue weighted by atomic mass is 16.7. The van der Waals surface area contributed by atoms with Gasteiger partial charge in [-0.3, -0.25) is 4.79 Å². The molecule has 1 fully saturated rings. The van der Waals surface area contributed by atoms with Gasteiger partial charge in [-0.1, -0.05) is 288 Å². The molecule has 0 spiro atoms. The highest BCUT2D eigenvalue weighted by Crippen LogP contribution is 2.24. The summed E-state index contributed by atoms with van der Waals surface area (Å²) in [4.78, 5) is 13.2. The van der Waals surface area contributed by atoms with Crippen molar-refractivity contribution in [2.24, 2.45) is 0 Å². The third kappa shape index (κ3) is 44.8. The van der Waals surface area contributed by atoms with E-state index in [2.05, 4.69) is 55.6 Å². The van der Waals surface area contributed by atoms with Gasteiger partial charge in [0.2, 0.25) is 5.91 Å². The summed E-state index contributed by atoms with van der Waals surface area (Å²) in [5.74, 6) is -0.706. The number of carbonyl (C=O) groups is 1. The van der Waals surface area contributed by atoms with Gasteiger partial charge in [-0.15, -0.1) is 0 Å². The number of aliphatic hydroxyl groups is 7. The van der Waals surface area contributed by atoms with Gasteiger partial charge in [-0.25, -0.2) is 0 Å². The van der Waals surface area contributed by atoms with E-state index in [4.69, 9.17) is 9.47 Å². The van der Waals surface area contributed by atoms with Crippen LogP contribution in [-0.2, 0) is 14.3 Å². The number of nitrogens with one attached hydrogen (secondary N) is 1. The molecule has 11 heteroatoms. The van der Waals surface area contributed by atoms with Crippen molar-refractivity contribution in [2.45, 2.75) is 384 Å². The maximum Gasteiger partial charge on any atom is 0.249 e. The van der Waals surface area contributed by atoms with Crippen molar-refractivity contribution >= 4 is 5.91 Å². The maximum atomic E-state index is 13.2. The van der Waals surface area contributed by atoms with E-state index in [1.807, 2.05) is 0 Å². The van der Waals surface area contributed by atoms with Crippen molar-refractivity contribution < 1.29 is 50.0 Å². The molecule has 1 saturated heterocycles. The van der Waals surface area contributed by atoms with E-state index in [9.17, 15) is 40.5 Å². The van der Waals surface area contributed by atoms with E-state index in [-0.39, 0.29) is 12.8 Å². The van der Waals surface area contributed by atoms with Crippen LogP contribution in [0.2, 0.25) is 0 Å². The molecule has 9 atom stereocenters. The van der Waals surface area contributed by atoms with Crippen molar-refractivity contribution in [1.29, 1.82) is 0 Å². The number of rotatable bonds is 60. The summed E-state index contributed by atoms with van der Waals surface area (Å²) < 4.78 is 11.2. The zero-order chi connectivity index (χ0) is 58.2. The molecule has 0 saturated carbocycles. The van der Waals surface area contributed by atoms with Crippen LogP contribution in [0.4, 0.5) is 0 Å². The molecule has 0 aromatic heterocycles. The Hall–Kier alpha value is -1.67. The molecule has 8 N–H and O–H groups in total. The van der Waals surface area contributed by atoms with Gasteiger partial charge in [0.15, 0.2) is 6.29 Å². The van der Waals surface area contributed by atoms with Gasteiger partial charge in [0.1, 0.15) is 36.6 Å². The first kappa shape index (κ1) is 76.3. The van der Waals surface area contributed by atoms with Crippen molar-refractivity contribution in [3.05, 3.63) is 36.5 Å². The van der Waals surface area contributed by atoms with Gasteiger partial charge in [-0.05, 0) is 77.0 Å². The molecule has 1 aliphatic rings. The van der Waals surface area contributed by atoms with Crippen LogP contribution in [0.25, 0.3) is 0 Å². The Balaban J connectivity index is 2.23. The smallest absolute Gasteiger partial charge is 0.249 e. The molecule has 1 heterocycles. The zero-order valence-corrected chi connectivity index (χ0v) is 52.1. The van der Waals surface area contributed by atoms with Crippen LogP contribution < -0.4 is 5.32 Å². The Morgan fingerprint density at radius 3 is 1.11 bits per heavy atom. The van der Waals surface area contributed by atoms with E-state index in [1.165, 1.54) is 244 Å². The largest absolute Gasteiger partial charge is 0.394 e. The lowest BCUT2D eigenvalue weighted by Crippen LogP contribution is -2.60. The van der Waals surface area contributed by atoms with Crippen LogP contribution in [0.15, 0.2) is 36.5 Å². The first-order valence-corrected chi connectivity index (χ1v) is 34.4. The average molecular weight is 1130 g/mol. The predicted molar refractivity (Wildman–Crippen MR) is 335 cm³/mol. The summed E-state index contributed by atoms with van der Waals surface area (Å²) in [6.45, 7) is 3.49. The second-order valence-corrected chi connectivity index (χ2v) is 24.2. The molecule has 0 aromatic rings. The van der Waals surface area contributed by atoms with E-state index < -0.39 is 74.2 Å². The molecule has 80 heavy (non-hydrogen) atoms. The summed E-state index contributed by atoms with van der Waals surface area (Å²) in [6.07, 6.45) is 62.3. The minimum absolute atomic E-state index is 0.248. The number of hydrogen-bond donors (Lipinski definition) is 8. The minimum Gasteiger partial charge on any atom is -0.394 e. The van der Waals surface area contributed by atoms with Gasteiger partial charge >= 0.3 is 0 Å². The van der Waals surface area contributed by atoms with Gasteiger partial charge in [0.25, 0.3) is 0 Å². The molecule has 1 rings (SSSR count). The minimum atomic E-state index is -1.67. The molecule has 472 valence electrons.